The third kappa shape index (κ3) is 3.55. The number of nitrogens with one attached hydrogen (secondary N) is 1. The van der Waals surface area contributed by atoms with Gasteiger partial charge in [-0.05, 0) is 63.6 Å². The van der Waals surface area contributed by atoms with Gasteiger partial charge in [0.25, 0.3) is 0 Å². The summed E-state index contributed by atoms with van der Waals surface area (Å²) in [5.74, 6) is 0. The van der Waals surface area contributed by atoms with E-state index in [2.05, 4.69) is 36.6 Å². The van der Waals surface area contributed by atoms with Gasteiger partial charge in [0.1, 0.15) is 4.90 Å². The first-order valence-corrected chi connectivity index (χ1v) is 9.42. The number of aliphatic hydroxyl groups is 1. The molecule has 1 heterocycles. The zero-order valence-electron chi connectivity index (χ0n) is 9.40. The lowest BCUT2D eigenvalue weighted by Gasteiger charge is -2.25. The number of rotatable bonds is 3. The van der Waals surface area contributed by atoms with E-state index in [1.807, 2.05) is 0 Å². The van der Waals surface area contributed by atoms with Crippen molar-refractivity contribution in [1.82, 2.24) is 4.72 Å². The lowest BCUT2D eigenvalue weighted by molar-refractivity contribution is 0.120. The van der Waals surface area contributed by atoms with E-state index in [1.54, 1.807) is 6.07 Å². The maximum atomic E-state index is 12.2. The Balaban J connectivity index is 2.10. The minimum absolute atomic E-state index is 0.0797. The molecule has 0 aromatic carbocycles. The van der Waals surface area contributed by atoms with Crippen molar-refractivity contribution in [3.05, 3.63) is 13.6 Å². The van der Waals surface area contributed by atoms with E-state index < -0.39 is 10.0 Å². The minimum atomic E-state index is -3.49. The number of hydrogen-bond acceptors (Lipinski definition) is 4. The van der Waals surface area contributed by atoms with E-state index in [0.717, 1.165) is 3.79 Å². The Morgan fingerprint density at radius 3 is 2.39 bits per heavy atom. The highest BCUT2D eigenvalue weighted by Gasteiger charge is 2.27. The quantitative estimate of drug-likeness (QED) is 0.792. The molecule has 1 saturated carbocycles. The Labute approximate surface area is 127 Å². The third-order valence-electron chi connectivity index (χ3n) is 2.93. The maximum absolute atomic E-state index is 12.2. The molecule has 8 heteroatoms. The van der Waals surface area contributed by atoms with Crippen molar-refractivity contribution in [1.29, 1.82) is 0 Å². The van der Waals surface area contributed by atoms with Gasteiger partial charge in [0, 0.05) is 6.04 Å². The van der Waals surface area contributed by atoms with Gasteiger partial charge < -0.3 is 5.11 Å². The van der Waals surface area contributed by atoms with Crippen LogP contribution in [0.25, 0.3) is 0 Å². The summed E-state index contributed by atoms with van der Waals surface area (Å²) in [6.07, 6.45) is 2.39. The first kappa shape index (κ1) is 14.9. The first-order chi connectivity index (χ1) is 8.38. The number of sulfonamides is 1. The van der Waals surface area contributed by atoms with Gasteiger partial charge in [-0.25, -0.2) is 13.1 Å². The van der Waals surface area contributed by atoms with E-state index in [4.69, 9.17) is 0 Å². The molecular formula is C10H13Br2NO3S2. The predicted molar refractivity (Wildman–Crippen MR) is 78.3 cm³/mol. The number of aliphatic hydroxyl groups excluding tert-OH is 1. The van der Waals surface area contributed by atoms with Crippen molar-refractivity contribution < 1.29 is 13.5 Å². The lowest BCUT2D eigenvalue weighted by atomic mass is 9.94. The second-order valence-electron chi connectivity index (χ2n) is 4.32. The summed E-state index contributed by atoms with van der Waals surface area (Å²) in [7, 11) is -3.49. The summed E-state index contributed by atoms with van der Waals surface area (Å²) in [4.78, 5) is 0.269. The van der Waals surface area contributed by atoms with Crippen LogP contribution in [0, 0.1) is 0 Å². The molecule has 0 amide bonds. The highest BCUT2D eigenvalue weighted by Crippen LogP contribution is 2.35. The molecule has 1 aliphatic carbocycles. The van der Waals surface area contributed by atoms with Crippen LogP contribution in [0.2, 0.25) is 0 Å². The second kappa shape index (κ2) is 5.88. The number of thiophene rings is 1. The van der Waals surface area contributed by atoms with Crippen molar-refractivity contribution in [3.8, 4) is 0 Å². The van der Waals surface area contributed by atoms with E-state index in [9.17, 15) is 13.5 Å². The molecule has 4 nitrogen and oxygen atoms in total. The molecule has 102 valence electrons. The fourth-order valence-corrected chi connectivity index (χ4v) is 7.10. The zero-order chi connectivity index (χ0) is 13.3. The van der Waals surface area contributed by atoms with Gasteiger partial charge in [-0.2, -0.15) is 0 Å². The van der Waals surface area contributed by atoms with Gasteiger partial charge in [-0.1, -0.05) is 0 Å². The van der Waals surface area contributed by atoms with Crippen molar-refractivity contribution in [2.24, 2.45) is 0 Å². The molecule has 1 aromatic rings. The summed E-state index contributed by atoms with van der Waals surface area (Å²) in [6, 6.07) is 1.51. The van der Waals surface area contributed by atoms with Crippen LogP contribution < -0.4 is 4.72 Å². The SMILES string of the molecule is O=S(=O)(NC1CCC(O)CC1)c1cc(Br)sc1Br. The molecule has 1 fully saturated rings. The molecule has 2 rings (SSSR count). The average molecular weight is 419 g/mol. The van der Waals surface area contributed by atoms with Crippen LogP contribution in [-0.2, 0) is 10.0 Å². The summed E-state index contributed by atoms with van der Waals surface area (Å²) < 4.78 is 28.5. The predicted octanol–water partition coefficient (Wildman–Crippen LogP) is 2.85. The van der Waals surface area contributed by atoms with Crippen molar-refractivity contribution in [2.75, 3.05) is 0 Å². The van der Waals surface area contributed by atoms with Crippen molar-refractivity contribution >= 4 is 53.2 Å². The van der Waals surface area contributed by atoms with Gasteiger partial charge in [-0.3, -0.25) is 0 Å². The molecule has 0 spiro atoms. The van der Waals surface area contributed by atoms with Gasteiger partial charge in [0.05, 0.1) is 13.7 Å². The molecule has 0 bridgehead atoms. The molecule has 1 aromatic heterocycles. The largest absolute Gasteiger partial charge is 0.393 e. The molecular weight excluding hydrogens is 406 g/mol. The van der Waals surface area contributed by atoms with Crippen molar-refractivity contribution in [3.63, 3.8) is 0 Å². The average Bonchev–Trinajstić information content (AvgIpc) is 2.62. The molecule has 0 atom stereocenters. The van der Waals surface area contributed by atoms with Crippen LogP contribution in [0.15, 0.2) is 18.5 Å². The zero-order valence-corrected chi connectivity index (χ0v) is 14.2. The highest BCUT2D eigenvalue weighted by atomic mass is 79.9. The Morgan fingerprint density at radius 2 is 1.89 bits per heavy atom. The standard InChI is InChI=1S/C10H13Br2NO3S2/c11-9-5-8(10(12)17-9)18(15,16)13-6-1-3-7(14)4-2-6/h5-7,13-14H,1-4H2. The lowest BCUT2D eigenvalue weighted by Crippen LogP contribution is -2.38. The molecule has 0 radical (unpaired) electrons. The van der Waals surface area contributed by atoms with Crippen LogP contribution in [0.3, 0.4) is 0 Å². The topological polar surface area (TPSA) is 66.4 Å². The van der Waals surface area contributed by atoms with Crippen LogP contribution >= 0.6 is 43.2 Å². The molecule has 18 heavy (non-hydrogen) atoms. The molecule has 2 N–H and O–H groups in total. The van der Waals surface area contributed by atoms with Gasteiger partial charge >= 0.3 is 0 Å². The fraction of sp³-hybridized carbons (Fsp3) is 0.600. The summed E-state index contributed by atoms with van der Waals surface area (Å²) in [5, 5.41) is 9.40. The van der Waals surface area contributed by atoms with Gasteiger partial charge in [0.2, 0.25) is 10.0 Å². The Bertz CT molecular complexity index is 521. The first-order valence-electron chi connectivity index (χ1n) is 5.54. The second-order valence-corrected chi connectivity index (χ2v) is 9.75. The normalized spacial score (nSPS) is 25.3. The molecule has 0 unspecified atom stereocenters. The third-order valence-corrected chi connectivity index (χ3v) is 7.21. The van der Waals surface area contributed by atoms with E-state index >= 15 is 0 Å². The molecule has 1 aliphatic rings. The van der Waals surface area contributed by atoms with E-state index in [1.165, 1.54) is 11.3 Å². The minimum Gasteiger partial charge on any atom is -0.393 e. The van der Waals surface area contributed by atoms with Gasteiger partial charge in [0.15, 0.2) is 0 Å². The van der Waals surface area contributed by atoms with Crippen molar-refractivity contribution in [2.45, 2.75) is 42.7 Å². The van der Waals surface area contributed by atoms with E-state index in [0.29, 0.717) is 29.5 Å². The Kier molecular flexibility index (Phi) is 4.88. The summed E-state index contributed by atoms with van der Waals surface area (Å²) >= 11 is 7.86. The Hall–Kier alpha value is 0.530. The number of halogens is 2. The molecule has 0 saturated heterocycles. The van der Waals surface area contributed by atoms with Crippen LogP contribution in [0.5, 0.6) is 0 Å². The molecule has 0 aliphatic heterocycles. The van der Waals surface area contributed by atoms with E-state index in [-0.39, 0.29) is 17.0 Å². The van der Waals surface area contributed by atoms with Crippen LogP contribution in [0.1, 0.15) is 25.7 Å². The van der Waals surface area contributed by atoms with Crippen LogP contribution in [0.4, 0.5) is 0 Å². The van der Waals surface area contributed by atoms with Gasteiger partial charge in [-0.15, -0.1) is 11.3 Å². The number of hydrogen-bond donors (Lipinski definition) is 2. The highest BCUT2D eigenvalue weighted by molar-refractivity contribution is 9.12. The maximum Gasteiger partial charge on any atom is 0.242 e. The monoisotopic (exact) mass is 417 g/mol. The fourth-order valence-electron chi connectivity index (χ4n) is 1.98. The van der Waals surface area contributed by atoms with Crippen LogP contribution in [-0.4, -0.2) is 25.7 Å². The Morgan fingerprint density at radius 1 is 1.28 bits per heavy atom. The smallest absolute Gasteiger partial charge is 0.242 e. The summed E-state index contributed by atoms with van der Waals surface area (Å²) in [5.41, 5.74) is 0. The summed E-state index contributed by atoms with van der Waals surface area (Å²) in [6.45, 7) is 0.